The molecular formula is C16H26N2O2. The number of aryl methyl sites for hydroxylation is 1. The van der Waals surface area contributed by atoms with Gasteiger partial charge in [0.15, 0.2) is 5.78 Å². The van der Waals surface area contributed by atoms with E-state index in [1.807, 2.05) is 13.1 Å². The van der Waals surface area contributed by atoms with Crippen LogP contribution in [0.4, 0.5) is 0 Å². The van der Waals surface area contributed by atoms with Crippen molar-refractivity contribution in [3.05, 3.63) is 18.2 Å². The van der Waals surface area contributed by atoms with Crippen LogP contribution in [0.25, 0.3) is 0 Å². The molecule has 0 saturated heterocycles. The van der Waals surface area contributed by atoms with Crippen LogP contribution in [-0.4, -0.2) is 27.5 Å². The van der Waals surface area contributed by atoms with Gasteiger partial charge in [0.25, 0.3) is 0 Å². The van der Waals surface area contributed by atoms with E-state index in [0.717, 1.165) is 44.5 Å². The Hall–Kier alpha value is -1.16. The van der Waals surface area contributed by atoms with Gasteiger partial charge in [-0.2, -0.15) is 0 Å². The Morgan fingerprint density at radius 2 is 2.10 bits per heavy atom. The van der Waals surface area contributed by atoms with Gasteiger partial charge in [-0.05, 0) is 26.2 Å². The molecule has 20 heavy (non-hydrogen) atoms. The largest absolute Gasteiger partial charge is 0.367 e. The highest BCUT2D eigenvalue weighted by Gasteiger charge is 2.40. The summed E-state index contributed by atoms with van der Waals surface area (Å²) in [6.07, 6.45) is 10.3. The number of ether oxygens (including phenoxy) is 1. The van der Waals surface area contributed by atoms with Gasteiger partial charge in [0.05, 0.1) is 6.42 Å². The van der Waals surface area contributed by atoms with E-state index in [2.05, 4.69) is 16.5 Å². The van der Waals surface area contributed by atoms with Crippen LogP contribution in [0.5, 0.6) is 0 Å². The Morgan fingerprint density at radius 1 is 1.35 bits per heavy atom. The maximum atomic E-state index is 12.8. The zero-order chi connectivity index (χ0) is 14.4. The van der Waals surface area contributed by atoms with Crippen LogP contribution >= 0.6 is 0 Å². The SMILES string of the molecule is CCCn1ccnc1CC(=O)C1(OCC)CCCCC1. The molecule has 0 aromatic carbocycles. The third-order valence-electron chi connectivity index (χ3n) is 4.17. The van der Waals surface area contributed by atoms with Crippen molar-refractivity contribution in [2.24, 2.45) is 0 Å². The number of aromatic nitrogens is 2. The second-order valence-electron chi connectivity index (χ2n) is 5.62. The molecule has 0 unspecified atom stereocenters. The lowest BCUT2D eigenvalue weighted by atomic mass is 9.80. The van der Waals surface area contributed by atoms with Crippen molar-refractivity contribution in [3.63, 3.8) is 0 Å². The standard InChI is InChI=1S/C16H26N2O2/c1-3-11-18-12-10-17-15(18)13-14(19)16(20-4-2)8-6-5-7-9-16/h10,12H,3-9,11,13H2,1-2H3. The van der Waals surface area contributed by atoms with Gasteiger partial charge < -0.3 is 9.30 Å². The molecule has 112 valence electrons. The molecule has 0 atom stereocenters. The predicted molar refractivity (Wildman–Crippen MR) is 78.7 cm³/mol. The maximum absolute atomic E-state index is 12.8. The summed E-state index contributed by atoms with van der Waals surface area (Å²) in [5.41, 5.74) is -0.546. The summed E-state index contributed by atoms with van der Waals surface area (Å²) in [5, 5.41) is 0. The quantitative estimate of drug-likeness (QED) is 0.769. The molecule has 1 aliphatic carbocycles. The molecule has 0 amide bonds. The normalized spacial score (nSPS) is 18.1. The summed E-state index contributed by atoms with van der Waals surface area (Å²) in [6.45, 7) is 5.63. The molecule has 1 heterocycles. The molecule has 0 aliphatic heterocycles. The van der Waals surface area contributed by atoms with E-state index in [0.29, 0.717) is 13.0 Å². The predicted octanol–water partition coefficient (Wildman–Crippen LogP) is 3.14. The molecular weight excluding hydrogens is 252 g/mol. The highest BCUT2D eigenvalue weighted by atomic mass is 16.5. The van der Waals surface area contributed by atoms with Gasteiger partial charge in [-0.1, -0.05) is 26.2 Å². The molecule has 0 spiro atoms. The Labute approximate surface area is 121 Å². The molecule has 1 saturated carbocycles. The number of Topliss-reactive ketones (excluding diaryl/α,β-unsaturated/α-hetero) is 1. The van der Waals surface area contributed by atoms with E-state index in [1.54, 1.807) is 6.20 Å². The van der Waals surface area contributed by atoms with Gasteiger partial charge in [0.2, 0.25) is 0 Å². The summed E-state index contributed by atoms with van der Waals surface area (Å²) in [6, 6.07) is 0. The van der Waals surface area contributed by atoms with E-state index in [1.165, 1.54) is 6.42 Å². The fraction of sp³-hybridized carbons (Fsp3) is 0.750. The first-order valence-electron chi connectivity index (χ1n) is 7.89. The number of hydrogen-bond donors (Lipinski definition) is 0. The van der Waals surface area contributed by atoms with Crippen molar-refractivity contribution >= 4 is 5.78 Å². The van der Waals surface area contributed by atoms with Crippen molar-refractivity contribution in [2.75, 3.05) is 6.61 Å². The fourth-order valence-corrected chi connectivity index (χ4v) is 3.16. The van der Waals surface area contributed by atoms with Crippen LogP contribution in [0.3, 0.4) is 0 Å². The second kappa shape index (κ2) is 7.02. The third kappa shape index (κ3) is 3.29. The minimum Gasteiger partial charge on any atom is -0.367 e. The minimum absolute atomic E-state index is 0.211. The second-order valence-corrected chi connectivity index (χ2v) is 5.62. The fourth-order valence-electron chi connectivity index (χ4n) is 3.16. The lowest BCUT2D eigenvalue weighted by molar-refractivity contribution is -0.148. The zero-order valence-electron chi connectivity index (χ0n) is 12.7. The number of imidazole rings is 1. The Morgan fingerprint density at radius 3 is 2.75 bits per heavy atom. The first-order valence-corrected chi connectivity index (χ1v) is 7.89. The van der Waals surface area contributed by atoms with Gasteiger partial charge in [-0.25, -0.2) is 4.98 Å². The molecule has 1 aromatic heterocycles. The molecule has 0 N–H and O–H groups in total. The molecule has 2 rings (SSSR count). The third-order valence-corrected chi connectivity index (χ3v) is 4.17. The molecule has 4 nitrogen and oxygen atoms in total. The van der Waals surface area contributed by atoms with Crippen LogP contribution < -0.4 is 0 Å². The number of carbonyl (C=O) groups is 1. The van der Waals surface area contributed by atoms with E-state index in [-0.39, 0.29) is 5.78 Å². The average Bonchev–Trinajstić information content (AvgIpc) is 2.88. The summed E-state index contributed by atoms with van der Waals surface area (Å²) in [5.74, 6) is 1.09. The summed E-state index contributed by atoms with van der Waals surface area (Å²) >= 11 is 0. The van der Waals surface area contributed by atoms with E-state index >= 15 is 0 Å². The lowest BCUT2D eigenvalue weighted by Crippen LogP contribution is -2.44. The topological polar surface area (TPSA) is 44.1 Å². The van der Waals surface area contributed by atoms with Crippen molar-refractivity contribution in [3.8, 4) is 0 Å². The van der Waals surface area contributed by atoms with Crippen molar-refractivity contribution in [2.45, 2.75) is 70.9 Å². The van der Waals surface area contributed by atoms with Crippen molar-refractivity contribution < 1.29 is 9.53 Å². The molecule has 1 aliphatic rings. The maximum Gasteiger partial charge on any atom is 0.172 e. The molecule has 0 radical (unpaired) electrons. The van der Waals surface area contributed by atoms with E-state index in [4.69, 9.17) is 4.74 Å². The van der Waals surface area contributed by atoms with Crippen LogP contribution in [-0.2, 0) is 22.5 Å². The van der Waals surface area contributed by atoms with Gasteiger partial charge in [0.1, 0.15) is 11.4 Å². The first kappa shape index (κ1) is 15.2. The van der Waals surface area contributed by atoms with Gasteiger partial charge in [-0.3, -0.25) is 4.79 Å². The first-order chi connectivity index (χ1) is 9.72. The smallest absolute Gasteiger partial charge is 0.172 e. The highest BCUT2D eigenvalue weighted by Crippen LogP contribution is 2.33. The van der Waals surface area contributed by atoms with Crippen molar-refractivity contribution in [1.29, 1.82) is 0 Å². The van der Waals surface area contributed by atoms with Crippen LogP contribution in [0, 0.1) is 0 Å². The Kier molecular flexibility index (Phi) is 5.35. The van der Waals surface area contributed by atoms with Gasteiger partial charge in [-0.15, -0.1) is 0 Å². The summed E-state index contributed by atoms with van der Waals surface area (Å²) in [4.78, 5) is 17.1. The Balaban J connectivity index is 2.09. The summed E-state index contributed by atoms with van der Waals surface area (Å²) < 4.78 is 7.98. The number of rotatable bonds is 7. The van der Waals surface area contributed by atoms with Crippen LogP contribution in [0.15, 0.2) is 12.4 Å². The summed E-state index contributed by atoms with van der Waals surface area (Å²) in [7, 11) is 0. The van der Waals surface area contributed by atoms with Crippen molar-refractivity contribution in [1.82, 2.24) is 9.55 Å². The highest BCUT2D eigenvalue weighted by molar-refractivity contribution is 5.88. The number of nitrogens with zero attached hydrogens (tertiary/aromatic N) is 2. The molecule has 0 bridgehead atoms. The number of carbonyl (C=O) groups excluding carboxylic acids is 1. The van der Waals surface area contributed by atoms with Crippen LogP contribution in [0.2, 0.25) is 0 Å². The van der Waals surface area contributed by atoms with Gasteiger partial charge >= 0.3 is 0 Å². The lowest BCUT2D eigenvalue weighted by Gasteiger charge is -2.35. The zero-order valence-corrected chi connectivity index (χ0v) is 12.7. The molecule has 1 aromatic rings. The van der Waals surface area contributed by atoms with Crippen LogP contribution in [0.1, 0.15) is 58.2 Å². The minimum atomic E-state index is -0.546. The van der Waals surface area contributed by atoms with E-state index < -0.39 is 5.60 Å². The van der Waals surface area contributed by atoms with E-state index in [9.17, 15) is 4.79 Å². The number of ketones is 1. The molecule has 4 heteroatoms. The monoisotopic (exact) mass is 278 g/mol. The molecule has 1 fully saturated rings. The Bertz CT molecular complexity index is 428. The average molecular weight is 278 g/mol. The number of hydrogen-bond acceptors (Lipinski definition) is 3. The van der Waals surface area contributed by atoms with Gasteiger partial charge in [0, 0.05) is 25.5 Å².